The van der Waals surface area contributed by atoms with Crippen LogP contribution >= 0.6 is 0 Å². The van der Waals surface area contributed by atoms with Gasteiger partial charge >= 0.3 is 6.09 Å². The topological polar surface area (TPSA) is 58.6 Å². The molecular weight excluding hydrogens is 275 g/mol. The van der Waals surface area contributed by atoms with Gasteiger partial charge in [-0.3, -0.25) is 4.79 Å². The number of carbonyl (C=O) groups is 2. The van der Waals surface area contributed by atoms with Crippen molar-refractivity contribution in [3.05, 3.63) is 35.6 Å². The molecular formula is C15H19FN2O3. The maximum atomic E-state index is 13.0. The zero-order valence-electron chi connectivity index (χ0n) is 12.0. The number of nitrogens with one attached hydrogen (secondary N) is 1. The van der Waals surface area contributed by atoms with Crippen LogP contribution in [0, 0.1) is 5.82 Å². The van der Waals surface area contributed by atoms with Crippen molar-refractivity contribution in [3.8, 4) is 0 Å². The summed E-state index contributed by atoms with van der Waals surface area (Å²) >= 11 is 0. The number of nitrogens with zero attached hydrogens (tertiary/aromatic N) is 1. The molecule has 1 atom stereocenters. The quantitative estimate of drug-likeness (QED) is 0.930. The molecule has 21 heavy (non-hydrogen) atoms. The minimum atomic E-state index is -0.626. The number of halogens is 1. The Morgan fingerprint density at radius 1 is 1.33 bits per heavy atom. The van der Waals surface area contributed by atoms with Crippen molar-refractivity contribution < 1.29 is 18.7 Å². The number of benzene rings is 1. The van der Waals surface area contributed by atoms with Crippen molar-refractivity contribution in [2.75, 3.05) is 20.2 Å². The Labute approximate surface area is 123 Å². The van der Waals surface area contributed by atoms with Crippen LogP contribution in [0.1, 0.15) is 30.9 Å². The van der Waals surface area contributed by atoms with Gasteiger partial charge < -0.3 is 15.0 Å². The van der Waals surface area contributed by atoms with Gasteiger partial charge in [0.1, 0.15) is 12.4 Å². The van der Waals surface area contributed by atoms with Crippen molar-refractivity contribution >= 4 is 12.0 Å². The molecule has 0 saturated carbocycles. The van der Waals surface area contributed by atoms with Gasteiger partial charge in [0.25, 0.3) is 0 Å². The van der Waals surface area contributed by atoms with Gasteiger partial charge in [-0.05, 0) is 37.0 Å². The minimum Gasteiger partial charge on any atom is -0.453 e. The molecule has 0 bridgehead atoms. The van der Waals surface area contributed by atoms with Crippen LogP contribution in [-0.4, -0.2) is 37.1 Å². The maximum absolute atomic E-state index is 13.0. The molecule has 1 saturated heterocycles. The van der Waals surface area contributed by atoms with Crippen LogP contribution in [0.2, 0.25) is 0 Å². The number of alkyl carbamates (subject to hydrolysis) is 1. The molecule has 2 rings (SSSR count). The van der Waals surface area contributed by atoms with Gasteiger partial charge in [0.15, 0.2) is 0 Å². The molecule has 1 fully saturated rings. The normalized spacial score (nSPS) is 18.2. The van der Waals surface area contributed by atoms with E-state index in [1.165, 1.54) is 19.2 Å². The average Bonchev–Trinajstić information content (AvgIpc) is 2.53. The first-order valence-corrected chi connectivity index (χ1v) is 6.98. The van der Waals surface area contributed by atoms with Crippen molar-refractivity contribution in [2.45, 2.75) is 25.3 Å². The van der Waals surface area contributed by atoms with Gasteiger partial charge in [-0.2, -0.15) is 0 Å². The highest BCUT2D eigenvalue weighted by atomic mass is 19.1. The Bertz CT molecular complexity index is 504. The number of methoxy groups -OCH3 is 1. The Morgan fingerprint density at radius 3 is 2.71 bits per heavy atom. The molecule has 0 unspecified atom stereocenters. The summed E-state index contributed by atoms with van der Waals surface area (Å²) in [6.07, 6.45) is 2.17. The molecule has 0 radical (unpaired) electrons. The highest BCUT2D eigenvalue weighted by Crippen LogP contribution is 2.30. The summed E-state index contributed by atoms with van der Waals surface area (Å²) in [5.41, 5.74) is 0.919. The smallest absolute Gasteiger partial charge is 0.407 e. The number of likely N-dealkylation sites (tertiary alicyclic amines) is 1. The first-order chi connectivity index (χ1) is 10.1. The van der Waals surface area contributed by atoms with E-state index in [-0.39, 0.29) is 24.3 Å². The van der Waals surface area contributed by atoms with E-state index in [0.29, 0.717) is 6.54 Å². The standard InChI is InChI=1S/C15H19FN2O3/c1-21-15(20)17-10-14(19)18-9-3-2-4-13(18)11-5-7-12(16)8-6-11/h5-8,13H,2-4,9-10H2,1H3,(H,17,20)/t13-/m1/s1. The van der Waals surface area contributed by atoms with Gasteiger partial charge in [-0.15, -0.1) is 0 Å². The molecule has 6 heteroatoms. The highest BCUT2D eigenvalue weighted by Gasteiger charge is 2.27. The zero-order chi connectivity index (χ0) is 15.2. The fourth-order valence-corrected chi connectivity index (χ4v) is 2.58. The van der Waals surface area contributed by atoms with Crippen LogP contribution < -0.4 is 5.32 Å². The molecule has 1 aromatic carbocycles. The molecule has 1 heterocycles. The summed E-state index contributed by atoms with van der Waals surface area (Å²) in [6.45, 7) is 0.550. The van der Waals surface area contributed by atoms with Crippen LogP contribution in [0.3, 0.4) is 0 Å². The van der Waals surface area contributed by atoms with Gasteiger partial charge in [0, 0.05) is 6.54 Å². The third kappa shape index (κ3) is 3.93. The van der Waals surface area contributed by atoms with Crippen LogP contribution in [0.4, 0.5) is 9.18 Å². The minimum absolute atomic E-state index is 0.0636. The fraction of sp³-hybridized carbons (Fsp3) is 0.467. The van der Waals surface area contributed by atoms with Gasteiger partial charge in [-0.1, -0.05) is 12.1 Å². The van der Waals surface area contributed by atoms with Crippen LogP contribution in [0.5, 0.6) is 0 Å². The van der Waals surface area contributed by atoms with E-state index in [0.717, 1.165) is 24.8 Å². The number of ether oxygens (including phenoxy) is 1. The number of amides is 2. The molecule has 1 aliphatic heterocycles. The number of rotatable bonds is 3. The van der Waals surface area contributed by atoms with Crippen LogP contribution in [-0.2, 0) is 9.53 Å². The predicted octanol–water partition coefficient (Wildman–Crippen LogP) is 2.24. The second-order valence-electron chi connectivity index (χ2n) is 5.00. The lowest BCUT2D eigenvalue weighted by Crippen LogP contribution is -2.44. The second kappa shape index (κ2) is 7.06. The largest absolute Gasteiger partial charge is 0.453 e. The molecule has 5 nitrogen and oxygen atoms in total. The first-order valence-electron chi connectivity index (χ1n) is 6.98. The average molecular weight is 294 g/mol. The van der Waals surface area contributed by atoms with E-state index in [2.05, 4.69) is 10.1 Å². The number of hydrogen-bond acceptors (Lipinski definition) is 3. The summed E-state index contributed by atoms with van der Waals surface area (Å²) in [6, 6.07) is 6.16. The van der Waals surface area contributed by atoms with Crippen molar-refractivity contribution in [3.63, 3.8) is 0 Å². The Balaban J connectivity index is 2.06. The number of carbonyl (C=O) groups excluding carboxylic acids is 2. The number of hydrogen-bond donors (Lipinski definition) is 1. The van der Waals surface area contributed by atoms with E-state index in [1.54, 1.807) is 17.0 Å². The summed E-state index contributed by atoms with van der Waals surface area (Å²) in [7, 11) is 1.25. The molecule has 0 aliphatic carbocycles. The Morgan fingerprint density at radius 2 is 2.05 bits per heavy atom. The Hall–Kier alpha value is -2.11. The summed E-state index contributed by atoms with van der Waals surface area (Å²) in [5, 5.41) is 2.40. The molecule has 1 aliphatic rings. The molecule has 0 spiro atoms. The highest BCUT2D eigenvalue weighted by molar-refractivity contribution is 5.82. The maximum Gasteiger partial charge on any atom is 0.407 e. The van der Waals surface area contributed by atoms with E-state index < -0.39 is 6.09 Å². The fourth-order valence-electron chi connectivity index (χ4n) is 2.58. The lowest BCUT2D eigenvalue weighted by atomic mass is 9.95. The van der Waals surface area contributed by atoms with Crippen molar-refractivity contribution in [1.82, 2.24) is 10.2 Å². The molecule has 1 N–H and O–H groups in total. The van der Waals surface area contributed by atoms with Gasteiger partial charge in [0.05, 0.1) is 13.2 Å². The molecule has 0 aromatic heterocycles. The first kappa shape index (κ1) is 15.3. The second-order valence-corrected chi connectivity index (χ2v) is 5.00. The monoisotopic (exact) mass is 294 g/mol. The zero-order valence-corrected chi connectivity index (χ0v) is 12.0. The summed E-state index contributed by atoms with van der Waals surface area (Å²) in [4.78, 5) is 25.0. The molecule has 1 aromatic rings. The van der Waals surface area contributed by atoms with E-state index in [4.69, 9.17) is 0 Å². The van der Waals surface area contributed by atoms with E-state index in [9.17, 15) is 14.0 Å². The lowest BCUT2D eigenvalue weighted by molar-refractivity contribution is -0.134. The third-order valence-corrected chi connectivity index (χ3v) is 3.65. The van der Waals surface area contributed by atoms with E-state index >= 15 is 0 Å². The molecule has 2 amide bonds. The van der Waals surface area contributed by atoms with Gasteiger partial charge in [-0.25, -0.2) is 9.18 Å². The van der Waals surface area contributed by atoms with Crippen molar-refractivity contribution in [1.29, 1.82) is 0 Å². The number of piperidine rings is 1. The summed E-state index contributed by atoms with van der Waals surface area (Å²) in [5.74, 6) is -0.450. The molecule has 114 valence electrons. The van der Waals surface area contributed by atoms with Crippen LogP contribution in [0.25, 0.3) is 0 Å². The van der Waals surface area contributed by atoms with E-state index in [1.807, 2.05) is 0 Å². The van der Waals surface area contributed by atoms with Gasteiger partial charge in [0.2, 0.25) is 5.91 Å². The Kier molecular flexibility index (Phi) is 5.14. The SMILES string of the molecule is COC(=O)NCC(=O)N1CCCC[C@@H]1c1ccc(F)cc1. The van der Waals surface area contributed by atoms with Crippen LogP contribution in [0.15, 0.2) is 24.3 Å². The predicted molar refractivity (Wildman–Crippen MR) is 75.1 cm³/mol. The summed E-state index contributed by atoms with van der Waals surface area (Å²) < 4.78 is 17.5. The van der Waals surface area contributed by atoms with Crippen molar-refractivity contribution in [2.24, 2.45) is 0 Å². The third-order valence-electron chi connectivity index (χ3n) is 3.65. The lowest BCUT2D eigenvalue weighted by Gasteiger charge is -2.36.